The summed E-state index contributed by atoms with van der Waals surface area (Å²) in [7, 11) is 5.37. The maximum atomic E-state index is 16.3. The molecule has 12 aliphatic rings. The van der Waals surface area contributed by atoms with E-state index in [9.17, 15) is 20.4 Å². The van der Waals surface area contributed by atoms with E-state index in [0.717, 1.165) is 82.6 Å². The molecule has 2 aromatic carbocycles. The smallest absolute Gasteiger partial charge is 0.207 e. The number of fused-ring (bicyclic) bond motifs is 13. The summed E-state index contributed by atoms with van der Waals surface area (Å²) in [5, 5.41) is 56.0. The van der Waals surface area contributed by atoms with Gasteiger partial charge in [-0.15, -0.1) is 0 Å². The maximum absolute atomic E-state index is 16.3. The highest BCUT2D eigenvalue weighted by molar-refractivity contribution is 5.97. The van der Waals surface area contributed by atoms with E-state index in [1.54, 1.807) is 20.2 Å². The van der Waals surface area contributed by atoms with Crippen LogP contribution in [0, 0.1) is 111 Å². The number of phenols is 1. The Balaban J connectivity index is 0.964. The monoisotopic (exact) mass is 1200 g/mol. The molecule has 2 aromatic rings. The number of carbonyl (C=O) groups excluding carboxylic acids is 1. The Labute approximate surface area is 523 Å². The SMILES string of the molecule is CCC1CCC2C(C1)C1C=CC(=O)C3(Cc4ccc(O)c(OC)c4)CCCC3CC#CNC(=NC)Nc3cc(cc4c3OC#CCC3CC(CNC)(CC35C=CC3CC6CCC(CO)C6OC3(O)C5)O4)C13CCC1(CCC4(CCCC4)C1)C3C2CCCO. The van der Waals surface area contributed by atoms with Crippen molar-refractivity contribution in [2.24, 2.45) is 91.7 Å². The van der Waals surface area contributed by atoms with Crippen molar-refractivity contribution in [1.82, 2.24) is 10.6 Å². The number of aliphatic imine (C=N–C) groups is 1. The largest absolute Gasteiger partial charge is 0.504 e. The Morgan fingerprint density at radius 1 is 0.898 bits per heavy atom. The zero-order valence-corrected chi connectivity index (χ0v) is 53.1. The quantitative estimate of drug-likeness (QED) is 0.0884. The fourth-order valence-corrected chi connectivity index (χ4v) is 23.2. The Kier molecular flexibility index (Phi) is 16.2. The molecule has 18 atom stereocenters. The number of rotatable bonds is 10. The van der Waals surface area contributed by atoms with Gasteiger partial charge in [0.05, 0.1) is 18.9 Å². The molecule has 9 aliphatic carbocycles. The normalized spacial score (nSPS) is 42.0. The number of hydrogen-bond acceptors (Lipinski definition) is 11. The van der Waals surface area contributed by atoms with Gasteiger partial charge in [-0.25, -0.2) is 0 Å². The van der Waals surface area contributed by atoms with Crippen molar-refractivity contribution in [3.8, 4) is 47.0 Å². The van der Waals surface area contributed by atoms with E-state index >= 15 is 4.79 Å². The summed E-state index contributed by atoms with van der Waals surface area (Å²) in [6, 6.07) is 13.6. The van der Waals surface area contributed by atoms with Crippen LogP contribution in [-0.2, 0) is 21.4 Å². The van der Waals surface area contributed by atoms with Crippen molar-refractivity contribution in [2.45, 2.75) is 203 Å². The predicted molar refractivity (Wildman–Crippen MR) is 341 cm³/mol. The number of likely N-dealkylation sites (N-methyl/N-ethyl adjacent to an activating group) is 1. The van der Waals surface area contributed by atoms with Crippen LogP contribution in [0.5, 0.6) is 23.0 Å². The van der Waals surface area contributed by atoms with Crippen LogP contribution in [0.1, 0.15) is 185 Å². The molecule has 3 aliphatic heterocycles. The van der Waals surface area contributed by atoms with E-state index in [1.165, 1.54) is 63.4 Å². The summed E-state index contributed by atoms with van der Waals surface area (Å²) in [4.78, 5) is 21.1. The number of phenolic OH excluding ortho intramolecular Hbond substituents is 1. The number of ether oxygens (including phenoxy) is 4. The zero-order chi connectivity index (χ0) is 60.7. The minimum Gasteiger partial charge on any atom is -0.504 e. The van der Waals surface area contributed by atoms with Crippen LogP contribution < -0.4 is 30.2 Å². The van der Waals surface area contributed by atoms with Crippen molar-refractivity contribution in [3.63, 3.8) is 0 Å². The average Bonchev–Trinajstić information content (AvgIpc) is 1.47. The number of methoxy groups -OCH3 is 1. The molecule has 7 N–H and O–H groups in total. The lowest BCUT2D eigenvalue weighted by molar-refractivity contribution is -0.307. The lowest BCUT2D eigenvalue weighted by Gasteiger charge is -2.62. The molecule has 13 heteroatoms. The number of hydrogen-bond donors (Lipinski definition) is 7. The number of carbonyl (C=O) groups is 1. The van der Waals surface area contributed by atoms with Gasteiger partial charge in [0.15, 0.2) is 28.8 Å². The summed E-state index contributed by atoms with van der Waals surface area (Å²) in [6.07, 6.45) is 38.4. The van der Waals surface area contributed by atoms with Gasteiger partial charge in [0.1, 0.15) is 11.7 Å². The number of aliphatic hydroxyl groups is 3. The molecular weight excluding hydrogens is 1100 g/mol. The minimum atomic E-state index is -1.38. The maximum Gasteiger partial charge on any atom is 0.207 e. The summed E-state index contributed by atoms with van der Waals surface area (Å²) >= 11 is 0. The topological polar surface area (TPSA) is 183 Å². The van der Waals surface area contributed by atoms with Crippen LogP contribution in [0.2, 0.25) is 0 Å². The van der Waals surface area contributed by atoms with Gasteiger partial charge in [-0.3, -0.25) is 15.1 Å². The number of nitrogens with zero attached hydrogens (tertiary/aromatic N) is 1. The third kappa shape index (κ3) is 10.1. The van der Waals surface area contributed by atoms with Gasteiger partial charge in [0.25, 0.3) is 0 Å². The Morgan fingerprint density at radius 2 is 1.75 bits per heavy atom. The molecule has 0 amide bonds. The van der Waals surface area contributed by atoms with Crippen LogP contribution in [0.15, 0.2) is 59.6 Å². The van der Waals surface area contributed by atoms with Gasteiger partial charge in [0, 0.05) is 80.2 Å². The Morgan fingerprint density at radius 3 is 2.56 bits per heavy atom. The standard InChI is InChI=1S/C75H100N4O9/c1-5-48-16-20-56-57(15-10-34-80)67-70(30-29-69(44-70)25-6-7-26-69)31-32-74(67)55-39-60(79-68(77-3)78-33-9-13-52-12-8-27-73(52,64(83)23-21-59(74)58(56)36-48)41-49-17-22-61(82)62(37-49)85-4)66-63(40-55)87-72(47-76-2)42-54(14-11-35-86-66)71(45-72)28-24-53-38-50-18-19-51(43-81)65(50)88-75(53,84)46-71/h17,21-24,28,37,39-40,48,50-54,56-59,65,67,76,80-82,84H,5-8,10,12-16,18-20,25-27,29-32,34,36,38,41-47H2,1-4H3,(H2,77,78,79). The van der Waals surface area contributed by atoms with E-state index in [1.807, 2.05) is 19.2 Å². The zero-order valence-electron chi connectivity index (χ0n) is 53.1. The van der Waals surface area contributed by atoms with E-state index in [-0.39, 0.29) is 71.8 Å². The fraction of sp³-hybridized carbons (Fsp3) is 0.707. The molecule has 3 heterocycles. The fourth-order valence-electron chi connectivity index (χ4n) is 23.2. The van der Waals surface area contributed by atoms with Gasteiger partial charge in [-0.1, -0.05) is 75.2 Å². The Bertz CT molecular complexity index is 3200. The van der Waals surface area contributed by atoms with E-state index in [4.69, 9.17) is 23.9 Å². The van der Waals surface area contributed by atoms with Gasteiger partial charge in [-0.05, 0) is 235 Å². The lowest BCUT2D eigenvalue weighted by Crippen LogP contribution is -2.58. The van der Waals surface area contributed by atoms with Gasteiger partial charge < -0.3 is 50.0 Å². The number of aromatic hydroxyl groups is 1. The molecule has 13 nitrogen and oxygen atoms in total. The highest BCUT2D eigenvalue weighted by atomic mass is 16.6. The van der Waals surface area contributed by atoms with E-state index in [2.05, 4.69) is 83.3 Å². The first-order valence-electron chi connectivity index (χ1n) is 34.8. The highest BCUT2D eigenvalue weighted by Gasteiger charge is 2.71. The van der Waals surface area contributed by atoms with Crippen LogP contribution >= 0.6 is 0 Å². The van der Waals surface area contributed by atoms with Gasteiger partial charge in [-0.2, -0.15) is 0 Å². The molecule has 88 heavy (non-hydrogen) atoms. The molecule has 0 aromatic heterocycles. The minimum absolute atomic E-state index is 0.00830. The number of nitrogens with one attached hydrogen (secondary N) is 3. The highest BCUT2D eigenvalue weighted by Crippen LogP contribution is 2.77. The average molecular weight is 1200 g/mol. The molecule has 9 fully saturated rings. The molecule has 1 saturated heterocycles. The van der Waals surface area contributed by atoms with Crippen LogP contribution in [0.25, 0.3) is 0 Å². The van der Waals surface area contributed by atoms with Crippen molar-refractivity contribution < 1.29 is 44.2 Å². The Hall–Kier alpha value is -5.02. The number of anilines is 1. The molecule has 18 unspecified atom stereocenters. The van der Waals surface area contributed by atoms with Crippen LogP contribution in [0.3, 0.4) is 0 Å². The molecule has 474 valence electrons. The third-order valence-electron chi connectivity index (χ3n) is 26.8. The number of aliphatic hydroxyl groups excluding tert-OH is 2. The summed E-state index contributed by atoms with van der Waals surface area (Å²) in [5.74, 6) is 10.1. The number of ketones is 1. The van der Waals surface area contributed by atoms with Crippen molar-refractivity contribution in [2.75, 3.05) is 46.3 Å². The molecule has 4 spiro atoms. The predicted octanol–water partition coefficient (Wildman–Crippen LogP) is 12.3. The van der Waals surface area contributed by atoms with E-state index in [0.29, 0.717) is 109 Å². The number of allylic oxidation sites excluding steroid dienone is 3. The number of guanidine groups is 1. The summed E-state index contributed by atoms with van der Waals surface area (Å²) in [6.45, 7) is 3.16. The molecule has 4 bridgehead atoms. The van der Waals surface area contributed by atoms with Crippen molar-refractivity contribution in [1.29, 1.82) is 0 Å². The third-order valence-corrected chi connectivity index (χ3v) is 26.8. The first kappa shape index (κ1) is 60.5. The summed E-state index contributed by atoms with van der Waals surface area (Å²) < 4.78 is 27.5. The molecule has 14 rings (SSSR count). The van der Waals surface area contributed by atoms with E-state index < -0.39 is 27.6 Å². The first-order valence-corrected chi connectivity index (χ1v) is 34.8. The molecular formula is C75H100N4O9. The summed E-state index contributed by atoms with van der Waals surface area (Å²) in [5.41, 5.74) is 0.881. The molecule has 0 radical (unpaired) electrons. The van der Waals surface area contributed by atoms with Crippen molar-refractivity contribution >= 4 is 17.4 Å². The van der Waals surface area contributed by atoms with Gasteiger partial charge in [0.2, 0.25) is 11.7 Å². The van der Waals surface area contributed by atoms with Crippen LogP contribution in [0.4, 0.5) is 5.69 Å². The molecule has 8 saturated carbocycles. The first-order chi connectivity index (χ1) is 42.7. The van der Waals surface area contributed by atoms with Crippen LogP contribution in [-0.4, -0.2) is 90.6 Å². The second-order valence-electron chi connectivity index (χ2n) is 30.9. The van der Waals surface area contributed by atoms with Gasteiger partial charge >= 0.3 is 0 Å². The second-order valence-corrected chi connectivity index (χ2v) is 30.9. The number of benzene rings is 2. The van der Waals surface area contributed by atoms with Crippen molar-refractivity contribution in [3.05, 3.63) is 65.8 Å². The lowest BCUT2D eigenvalue weighted by atomic mass is 9.42. The second kappa shape index (κ2) is 23.6.